The quantitative estimate of drug-likeness (QED) is 0.495. The number of nitrogens with one attached hydrogen (secondary N) is 2. The number of carbonyl (C=O) groups is 2. The van der Waals surface area contributed by atoms with Gasteiger partial charge in [0.1, 0.15) is 11.9 Å². The molecule has 1 aromatic carbocycles. The highest BCUT2D eigenvalue weighted by Gasteiger charge is 2.23. The highest BCUT2D eigenvalue weighted by atomic mass is 32.1. The monoisotopic (exact) mass is 405 g/mol. The van der Waals surface area contributed by atoms with Crippen molar-refractivity contribution >= 4 is 28.8 Å². The van der Waals surface area contributed by atoms with Gasteiger partial charge in [0.2, 0.25) is 5.91 Å². The van der Waals surface area contributed by atoms with E-state index in [-0.39, 0.29) is 11.8 Å². The topological polar surface area (TPSA) is 88.4 Å². The first-order chi connectivity index (χ1) is 14.2. The van der Waals surface area contributed by atoms with Crippen LogP contribution in [0.5, 0.6) is 0 Å². The van der Waals surface area contributed by atoms with Crippen LogP contribution in [0.2, 0.25) is 0 Å². The van der Waals surface area contributed by atoms with Crippen molar-refractivity contribution in [1.29, 1.82) is 0 Å². The van der Waals surface area contributed by atoms with Gasteiger partial charge in [-0.05, 0) is 29.1 Å². The molecule has 7 nitrogen and oxygen atoms in total. The summed E-state index contributed by atoms with van der Waals surface area (Å²) in [6.45, 7) is 0.382. The highest BCUT2D eigenvalue weighted by molar-refractivity contribution is 7.12. The minimum absolute atomic E-state index is 0.269. The van der Waals surface area contributed by atoms with Gasteiger partial charge < -0.3 is 10.6 Å². The zero-order valence-electron chi connectivity index (χ0n) is 15.5. The van der Waals surface area contributed by atoms with Gasteiger partial charge in [0, 0.05) is 19.2 Å². The van der Waals surface area contributed by atoms with Gasteiger partial charge >= 0.3 is 0 Å². The van der Waals surface area contributed by atoms with E-state index >= 15 is 0 Å². The molecular formula is C21H19N5O2S. The number of benzene rings is 1. The molecule has 2 N–H and O–H groups in total. The standard InChI is InChI=1S/C21H19N5O2S/c27-20(16-9-6-14-29-16)23-19(15-7-2-1-3-8-15)21(28)22-12-11-18-25-24-17-10-4-5-13-26(17)18/h1-10,13-14,19H,11-12H2,(H,22,28)(H,23,27). The summed E-state index contributed by atoms with van der Waals surface area (Å²) >= 11 is 1.34. The highest BCUT2D eigenvalue weighted by Crippen LogP contribution is 2.16. The Balaban J connectivity index is 1.44. The molecule has 4 rings (SSSR count). The van der Waals surface area contributed by atoms with Crippen molar-refractivity contribution in [3.05, 3.63) is 88.5 Å². The van der Waals surface area contributed by atoms with E-state index in [4.69, 9.17) is 0 Å². The third-order valence-corrected chi connectivity index (χ3v) is 5.32. The molecular weight excluding hydrogens is 386 g/mol. The Hall–Kier alpha value is -3.52. The third kappa shape index (κ3) is 4.33. The van der Waals surface area contributed by atoms with Gasteiger partial charge in [0.15, 0.2) is 5.65 Å². The van der Waals surface area contributed by atoms with Crippen LogP contribution in [0.15, 0.2) is 72.2 Å². The average Bonchev–Trinajstić information content (AvgIpc) is 3.43. The molecule has 0 aliphatic rings. The van der Waals surface area contributed by atoms with Crippen LogP contribution in [-0.4, -0.2) is 33.0 Å². The van der Waals surface area contributed by atoms with Crippen LogP contribution in [0.4, 0.5) is 0 Å². The number of rotatable bonds is 7. The van der Waals surface area contributed by atoms with Crippen LogP contribution in [0.3, 0.4) is 0 Å². The Kier molecular flexibility index (Phi) is 5.62. The minimum atomic E-state index is -0.777. The molecule has 1 atom stereocenters. The molecule has 8 heteroatoms. The van der Waals surface area contributed by atoms with Crippen LogP contribution >= 0.6 is 11.3 Å². The maximum absolute atomic E-state index is 12.9. The minimum Gasteiger partial charge on any atom is -0.354 e. The number of nitrogens with zero attached hydrogens (tertiary/aromatic N) is 3. The summed E-state index contributed by atoms with van der Waals surface area (Å²) in [7, 11) is 0. The molecule has 3 aromatic heterocycles. The number of hydrogen-bond acceptors (Lipinski definition) is 5. The van der Waals surface area contributed by atoms with E-state index < -0.39 is 6.04 Å². The first-order valence-electron chi connectivity index (χ1n) is 9.18. The van der Waals surface area contributed by atoms with E-state index in [2.05, 4.69) is 20.8 Å². The van der Waals surface area contributed by atoms with E-state index in [0.29, 0.717) is 17.8 Å². The molecule has 146 valence electrons. The number of thiophene rings is 1. The Morgan fingerprint density at radius 1 is 1.00 bits per heavy atom. The molecule has 0 fully saturated rings. The van der Waals surface area contributed by atoms with Gasteiger partial charge in [0.25, 0.3) is 5.91 Å². The van der Waals surface area contributed by atoms with E-state index in [0.717, 1.165) is 17.0 Å². The molecule has 0 spiro atoms. The predicted octanol–water partition coefficient (Wildman–Crippen LogP) is 2.62. The normalized spacial score (nSPS) is 11.9. The molecule has 0 aliphatic heterocycles. The number of carbonyl (C=O) groups excluding carboxylic acids is 2. The average molecular weight is 405 g/mol. The summed E-state index contributed by atoms with van der Waals surface area (Å²) in [5, 5.41) is 15.8. The summed E-state index contributed by atoms with van der Waals surface area (Å²) in [6.07, 6.45) is 2.41. The lowest BCUT2D eigenvalue weighted by atomic mass is 10.1. The molecule has 3 heterocycles. The second kappa shape index (κ2) is 8.66. The van der Waals surface area contributed by atoms with Crippen molar-refractivity contribution in [3.8, 4) is 0 Å². The lowest BCUT2D eigenvalue weighted by molar-refractivity contribution is -0.123. The maximum atomic E-state index is 12.9. The van der Waals surface area contributed by atoms with Crippen LogP contribution < -0.4 is 10.6 Å². The Morgan fingerprint density at radius 3 is 2.62 bits per heavy atom. The Bertz CT molecular complexity index is 1110. The zero-order valence-corrected chi connectivity index (χ0v) is 16.3. The van der Waals surface area contributed by atoms with E-state index in [9.17, 15) is 9.59 Å². The van der Waals surface area contributed by atoms with Crippen molar-refractivity contribution in [1.82, 2.24) is 25.2 Å². The van der Waals surface area contributed by atoms with Crippen molar-refractivity contribution in [3.63, 3.8) is 0 Å². The molecule has 0 saturated carbocycles. The Morgan fingerprint density at radius 2 is 1.83 bits per heavy atom. The van der Waals surface area contributed by atoms with E-state index in [1.165, 1.54) is 11.3 Å². The van der Waals surface area contributed by atoms with Crippen molar-refractivity contribution in [2.24, 2.45) is 0 Å². The first-order valence-corrected chi connectivity index (χ1v) is 10.1. The maximum Gasteiger partial charge on any atom is 0.262 e. The van der Waals surface area contributed by atoms with Crippen LogP contribution in [0.25, 0.3) is 5.65 Å². The SMILES string of the molecule is O=C(NC(C(=O)NCCc1nnc2ccccn12)c1ccccc1)c1cccs1. The van der Waals surface area contributed by atoms with Crippen LogP contribution in [0, 0.1) is 0 Å². The van der Waals surface area contributed by atoms with Gasteiger partial charge in [-0.1, -0.05) is 42.5 Å². The number of aromatic nitrogens is 3. The molecule has 0 aliphatic carbocycles. The summed E-state index contributed by atoms with van der Waals surface area (Å²) in [5.41, 5.74) is 1.49. The number of hydrogen-bond donors (Lipinski definition) is 2. The van der Waals surface area contributed by atoms with Crippen LogP contribution in [-0.2, 0) is 11.2 Å². The smallest absolute Gasteiger partial charge is 0.262 e. The molecule has 0 saturated heterocycles. The van der Waals surface area contributed by atoms with Gasteiger partial charge in [-0.3, -0.25) is 14.0 Å². The lowest BCUT2D eigenvalue weighted by Crippen LogP contribution is -2.41. The summed E-state index contributed by atoms with van der Waals surface area (Å²) in [6, 6.07) is 17.6. The molecule has 1 unspecified atom stereocenters. The largest absolute Gasteiger partial charge is 0.354 e. The third-order valence-electron chi connectivity index (χ3n) is 4.45. The molecule has 2 amide bonds. The van der Waals surface area contributed by atoms with Gasteiger partial charge in [-0.2, -0.15) is 0 Å². The Labute approximate surface area is 171 Å². The fourth-order valence-electron chi connectivity index (χ4n) is 3.02. The van der Waals surface area contributed by atoms with Crippen molar-refractivity contribution in [2.45, 2.75) is 12.5 Å². The predicted molar refractivity (Wildman–Crippen MR) is 111 cm³/mol. The molecule has 29 heavy (non-hydrogen) atoms. The summed E-state index contributed by atoms with van der Waals surface area (Å²) in [4.78, 5) is 25.9. The summed E-state index contributed by atoms with van der Waals surface area (Å²) in [5.74, 6) is 0.224. The number of amides is 2. The fourth-order valence-corrected chi connectivity index (χ4v) is 3.64. The second-order valence-corrected chi connectivity index (χ2v) is 7.33. The number of pyridine rings is 1. The zero-order chi connectivity index (χ0) is 20.1. The van der Waals surface area contributed by atoms with E-state index in [1.807, 2.05) is 64.5 Å². The molecule has 0 radical (unpaired) electrons. The fraction of sp³-hybridized carbons (Fsp3) is 0.143. The van der Waals surface area contributed by atoms with Crippen LogP contribution in [0.1, 0.15) is 27.1 Å². The van der Waals surface area contributed by atoms with Crippen molar-refractivity contribution in [2.75, 3.05) is 6.54 Å². The van der Waals surface area contributed by atoms with Crippen molar-refractivity contribution < 1.29 is 9.59 Å². The van der Waals surface area contributed by atoms with Gasteiger partial charge in [0.05, 0.1) is 4.88 Å². The second-order valence-electron chi connectivity index (χ2n) is 6.38. The van der Waals surface area contributed by atoms with Gasteiger partial charge in [-0.15, -0.1) is 21.5 Å². The number of fused-ring (bicyclic) bond motifs is 1. The molecule has 4 aromatic rings. The van der Waals surface area contributed by atoms with E-state index in [1.54, 1.807) is 12.1 Å². The summed E-state index contributed by atoms with van der Waals surface area (Å²) < 4.78 is 1.89. The van der Waals surface area contributed by atoms with Gasteiger partial charge in [-0.25, -0.2) is 0 Å². The molecule has 0 bridgehead atoms. The first kappa shape index (κ1) is 18.8. The lowest BCUT2D eigenvalue weighted by Gasteiger charge is -2.18.